The number of halogens is 2. The summed E-state index contributed by atoms with van der Waals surface area (Å²) in [6, 6.07) is 10.6. The van der Waals surface area contributed by atoms with E-state index in [9.17, 15) is 12.8 Å². The van der Waals surface area contributed by atoms with Crippen LogP contribution < -0.4 is 5.32 Å². The number of nitrogens with one attached hydrogen (secondary N) is 1. The number of fused-ring (bicyclic) bond motifs is 1. The number of anilines is 1. The van der Waals surface area contributed by atoms with E-state index in [-0.39, 0.29) is 15.9 Å². The highest BCUT2D eigenvalue weighted by molar-refractivity contribution is 8.14. The molecule has 1 N–H and O–H groups in total. The molecule has 1 heterocycles. The van der Waals surface area contributed by atoms with Gasteiger partial charge in [0.15, 0.2) is 5.17 Å². The molecule has 0 amide bonds. The molecule has 22 heavy (non-hydrogen) atoms. The summed E-state index contributed by atoms with van der Waals surface area (Å²) >= 11 is 7.05. The van der Waals surface area contributed by atoms with Gasteiger partial charge in [0.05, 0.1) is 5.69 Å². The minimum atomic E-state index is -3.76. The lowest BCUT2D eigenvalue weighted by Crippen LogP contribution is -2.19. The van der Waals surface area contributed by atoms with Crippen LogP contribution in [0.1, 0.15) is 5.56 Å². The van der Waals surface area contributed by atoms with Crippen molar-refractivity contribution in [2.45, 2.75) is 10.6 Å². The topological polar surface area (TPSA) is 58.5 Å². The largest absolute Gasteiger partial charge is 0.333 e. The van der Waals surface area contributed by atoms with Gasteiger partial charge < -0.3 is 5.32 Å². The third kappa shape index (κ3) is 3.26. The minimum absolute atomic E-state index is 0.0612. The molecule has 0 saturated heterocycles. The van der Waals surface area contributed by atoms with Gasteiger partial charge in [-0.15, -0.1) is 4.40 Å². The monoisotopic (exact) mass is 356 g/mol. The molecule has 0 atom stereocenters. The molecule has 0 aromatic heterocycles. The number of amidine groups is 1. The SMILES string of the molecule is O=S1(=O)N=C(SCc2ccc(F)cc2)Nc2ccc(Cl)cc21. The first-order valence-corrected chi connectivity index (χ1v) is 9.03. The van der Waals surface area contributed by atoms with Crippen LogP contribution in [0.2, 0.25) is 5.02 Å². The van der Waals surface area contributed by atoms with Gasteiger partial charge in [0.2, 0.25) is 0 Å². The van der Waals surface area contributed by atoms with Gasteiger partial charge in [-0.2, -0.15) is 8.42 Å². The molecule has 0 saturated carbocycles. The molecule has 0 spiro atoms. The first-order chi connectivity index (χ1) is 10.4. The first kappa shape index (κ1) is 15.3. The molecule has 1 aliphatic heterocycles. The van der Waals surface area contributed by atoms with Crippen molar-refractivity contribution in [3.05, 3.63) is 58.9 Å². The molecule has 114 valence electrons. The number of hydrogen-bond acceptors (Lipinski definition) is 4. The summed E-state index contributed by atoms with van der Waals surface area (Å²) in [4.78, 5) is 0.0612. The van der Waals surface area contributed by atoms with E-state index >= 15 is 0 Å². The summed E-state index contributed by atoms with van der Waals surface area (Å²) in [7, 11) is -3.76. The maximum atomic E-state index is 12.8. The fourth-order valence-corrected chi connectivity index (χ4v) is 4.36. The van der Waals surface area contributed by atoms with E-state index < -0.39 is 10.0 Å². The average Bonchev–Trinajstić information content (AvgIpc) is 2.47. The predicted molar refractivity (Wildman–Crippen MR) is 87.4 cm³/mol. The van der Waals surface area contributed by atoms with Crippen LogP contribution in [0.15, 0.2) is 51.8 Å². The Morgan fingerprint density at radius 2 is 1.91 bits per heavy atom. The van der Waals surface area contributed by atoms with Crippen LogP contribution in [0.3, 0.4) is 0 Å². The molecule has 3 rings (SSSR count). The molecule has 0 unspecified atom stereocenters. The van der Waals surface area contributed by atoms with E-state index in [0.29, 0.717) is 16.5 Å². The highest BCUT2D eigenvalue weighted by Crippen LogP contribution is 2.32. The zero-order chi connectivity index (χ0) is 15.7. The average molecular weight is 357 g/mol. The third-order valence-corrected chi connectivity index (χ3v) is 5.57. The Morgan fingerprint density at radius 3 is 2.64 bits per heavy atom. The van der Waals surface area contributed by atoms with Gasteiger partial charge in [-0.1, -0.05) is 35.5 Å². The molecular weight excluding hydrogens is 347 g/mol. The van der Waals surface area contributed by atoms with E-state index in [0.717, 1.165) is 5.56 Å². The number of thioether (sulfide) groups is 1. The molecule has 2 aromatic carbocycles. The lowest BCUT2D eigenvalue weighted by molar-refractivity contribution is 0.598. The molecular formula is C14H10ClFN2O2S2. The van der Waals surface area contributed by atoms with Crippen molar-refractivity contribution in [2.24, 2.45) is 4.40 Å². The van der Waals surface area contributed by atoms with Gasteiger partial charge >= 0.3 is 0 Å². The fraction of sp³-hybridized carbons (Fsp3) is 0.0714. The van der Waals surface area contributed by atoms with Crippen molar-refractivity contribution >= 4 is 44.2 Å². The third-order valence-electron chi connectivity index (χ3n) is 2.96. The second-order valence-electron chi connectivity index (χ2n) is 4.55. The van der Waals surface area contributed by atoms with E-state index in [1.54, 1.807) is 24.3 Å². The Bertz CT molecular complexity index is 852. The molecule has 4 nitrogen and oxygen atoms in total. The summed E-state index contributed by atoms with van der Waals surface area (Å²) < 4.78 is 40.9. The normalized spacial score (nSPS) is 15.6. The minimum Gasteiger partial charge on any atom is -0.333 e. The lowest BCUT2D eigenvalue weighted by atomic mass is 10.2. The van der Waals surface area contributed by atoms with E-state index in [4.69, 9.17) is 11.6 Å². The van der Waals surface area contributed by atoms with Crippen molar-refractivity contribution in [1.82, 2.24) is 0 Å². The molecule has 0 radical (unpaired) electrons. The van der Waals surface area contributed by atoms with Gasteiger partial charge in [0.1, 0.15) is 10.7 Å². The van der Waals surface area contributed by atoms with Gasteiger partial charge in [-0.25, -0.2) is 4.39 Å². The Morgan fingerprint density at radius 1 is 1.18 bits per heavy atom. The summed E-state index contributed by atoms with van der Waals surface area (Å²) in [6.07, 6.45) is 0. The van der Waals surface area contributed by atoms with Gasteiger partial charge in [-0.3, -0.25) is 0 Å². The standard InChI is InChI=1S/C14H10ClFN2O2S2/c15-10-3-6-12-13(7-10)22(19,20)18-14(17-12)21-8-9-1-4-11(16)5-2-9/h1-7H,8H2,(H,17,18). The molecule has 0 fully saturated rings. The zero-order valence-corrected chi connectivity index (χ0v) is 13.5. The van der Waals surface area contributed by atoms with E-state index in [2.05, 4.69) is 9.71 Å². The molecule has 8 heteroatoms. The van der Waals surface area contributed by atoms with Crippen LogP contribution >= 0.6 is 23.4 Å². The van der Waals surface area contributed by atoms with Crippen molar-refractivity contribution in [3.8, 4) is 0 Å². The van der Waals surface area contributed by atoms with Crippen LogP contribution in [0, 0.1) is 5.82 Å². The smallest absolute Gasteiger partial charge is 0.286 e. The Hall–Kier alpha value is -1.57. The Kier molecular flexibility index (Phi) is 4.12. The van der Waals surface area contributed by atoms with Gasteiger partial charge in [-0.05, 0) is 35.9 Å². The van der Waals surface area contributed by atoms with Crippen LogP contribution in [0.25, 0.3) is 0 Å². The summed E-state index contributed by atoms with van der Waals surface area (Å²) in [5.41, 5.74) is 1.32. The summed E-state index contributed by atoms with van der Waals surface area (Å²) in [5, 5.41) is 3.57. The molecule has 0 aliphatic carbocycles. The van der Waals surface area contributed by atoms with Crippen LogP contribution in [-0.2, 0) is 15.8 Å². The second-order valence-corrected chi connectivity index (χ2v) is 7.53. The molecule has 2 aromatic rings. The van der Waals surface area contributed by atoms with E-state index in [1.807, 2.05) is 0 Å². The zero-order valence-electron chi connectivity index (χ0n) is 11.1. The van der Waals surface area contributed by atoms with Crippen LogP contribution in [-0.4, -0.2) is 13.6 Å². The number of hydrogen-bond donors (Lipinski definition) is 1. The molecule has 0 bridgehead atoms. The van der Waals surface area contributed by atoms with Crippen LogP contribution in [0.5, 0.6) is 0 Å². The number of rotatable bonds is 2. The quantitative estimate of drug-likeness (QED) is 0.887. The van der Waals surface area contributed by atoms with Gasteiger partial charge in [0.25, 0.3) is 10.0 Å². The number of nitrogens with zero attached hydrogens (tertiary/aromatic N) is 1. The second kappa shape index (κ2) is 5.91. The first-order valence-electron chi connectivity index (χ1n) is 6.23. The van der Waals surface area contributed by atoms with Gasteiger partial charge in [0, 0.05) is 10.8 Å². The van der Waals surface area contributed by atoms with Crippen molar-refractivity contribution < 1.29 is 12.8 Å². The predicted octanol–water partition coefficient (Wildman–Crippen LogP) is 3.88. The van der Waals surface area contributed by atoms with Crippen molar-refractivity contribution in [2.75, 3.05) is 5.32 Å². The highest BCUT2D eigenvalue weighted by Gasteiger charge is 2.25. The Balaban J connectivity index is 1.81. The van der Waals surface area contributed by atoms with Crippen molar-refractivity contribution in [1.29, 1.82) is 0 Å². The van der Waals surface area contributed by atoms with Crippen LogP contribution in [0.4, 0.5) is 10.1 Å². The summed E-state index contributed by atoms with van der Waals surface area (Å²) in [6.45, 7) is 0. The Labute approximate surface area is 136 Å². The summed E-state index contributed by atoms with van der Waals surface area (Å²) in [5.74, 6) is 0.167. The maximum absolute atomic E-state index is 12.8. The number of benzene rings is 2. The lowest BCUT2D eigenvalue weighted by Gasteiger charge is -2.17. The van der Waals surface area contributed by atoms with Crippen molar-refractivity contribution in [3.63, 3.8) is 0 Å². The molecule has 1 aliphatic rings. The highest BCUT2D eigenvalue weighted by atomic mass is 35.5. The number of sulfonamides is 1. The fourth-order valence-electron chi connectivity index (χ4n) is 1.90. The maximum Gasteiger partial charge on any atom is 0.286 e. The van der Waals surface area contributed by atoms with E-state index in [1.165, 1.54) is 30.0 Å².